The molecule has 1 aliphatic rings. The second-order valence-corrected chi connectivity index (χ2v) is 2.98. The molecule has 1 nitrogen and oxygen atoms in total. The van der Waals surface area contributed by atoms with E-state index in [1.54, 1.807) is 0 Å². The lowest BCUT2D eigenvalue weighted by atomic mass is 9.98. The highest BCUT2D eigenvalue weighted by Gasteiger charge is 2.16. The topological polar surface area (TPSA) is 9.23 Å². The zero-order valence-corrected chi connectivity index (χ0v) is 6.99. The van der Waals surface area contributed by atoms with Crippen LogP contribution >= 0.6 is 0 Å². The molecule has 1 heteroatoms. The quantitative estimate of drug-likeness (QED) is 0.573. The molecule has 0 spiro atoms. The minimum atomic E-state index is 0.106. The molecular formula is C11H12O. The molecule has 1 unspecified atom stereocenters. The first-order valence-electron chi connectivity index (χ1n) is 4.24. The molecule has 0 bridgehead atoms. The van der Waals surface area contributed by atoms with Crippen molar-refractivity contribution in [1.29, 1.82) is 0 Å². The van der Waals surface area contributed by atoms with Gasteiger partial charge in [-0.15, -0.1) is 6.58 Å². The second kappa shape index (κ2) is 3.11. The molecule has 0 radical (unpaired) electrons. The lowest BCUT2D eigenvalue weighted by Gasteiger charge is -2.23. The molecule has 1 aromatic carbocycles. The fourth-order valence-corrected chi connectivity index (χ4v) is 1.62. The average Bonchev–Trinajstić information content (AvgIpc) is 2.17. The molecule has 0 saturated carbocycles. The second-order valence-electron chi connectivity index (χ2n) is 2.98. The highest BCUT2D eigenvalue weighted by atomic mass is 16.5. The molecule has 12 heavy (non-hydrogen) atoms. The van der Waals surface area contributed by atoms with Crippen LogP contribution in [0.2, 0.25) is 0 Å². The van der Waals surface area contributed by atoms with E-state index in [0.717, 1.165) is 13.0 Å². The van der Waals surface area contributed by atoms with Gasteiger partial charge in [0.25, 0.3) is 0 Å². The van der Waals surface area contributed by atoms with Gasteiger partial charge in [-0.1, -0.05) is 30.3 Å². The number of rotatable bonds is 1. The van der Waals surface area contributed by atoms with Gasteiger partial charge in [0.15, 0.2) is 0 Å². The number of hydrogen-bond acceptors (Lipinski definition) is 1. The summed E-state index contributed by atoms with van der Waals surface area (Å²) in [6.45, 7) is 4.57. The summed E-state index contributed by atoms with van der Waals surface area (Å²) in [5.41, 5.74) is 2.67. The summed E-state index contributed by atoms with van der Waals surface area (Å²) in [6, 6.07) is 8.39. The largest absolute Gasteiger partial charge is 0.369 e. The Balaban J connectivity index is 2.43. The SMILES string of the molecule is C=CC1OCCc2ccccc21. The van der Waals surface area contributed by atoms with E-state index in [4.69, 9.17) is 4.74 Å². The highest BCUT2D eigenvalue weighted by Crippen LogP contribution is 2.26. The molecule has 1 atom stereocenters. The number of fused-ring (bicyclic) bond motifs is 1. The smallest absolute Gasteiger partial charge is 0.101 e. The van der Waals surface area contributed by atoms with Gasteiger partial charge in [0.2, 0.25) is 0 Å². The minimum absolute atomic E-state index is 0.106. The fraction of sp³-hybridized carbons (Fsp3) is 0.273. The molecule has 0 aromatic heterocycles. The van der Waals surface area contributed by atoms with Gasteiger partial charge in [0.05, 0.1) is 6.61 Å². The fourth-order valence-electron chi connectivity index (χ4n) is 1.62. The third kappa shape index (κ3) is 1.16. The minimum Gasteiger partial charge on any atom is -0.369 e. The Morgan fingerprint density at radius 3 is 3.08 bits per heavy atom. The third-order valence-corrected chi connectivity index (χ3v) is 2.24. The normalized spacial score (nSPS) is 21.5. The van der Waals surface area contributed by atoms with Gasteiger partial charge in [-0.25, -0.2) is 0 Å². The van der Waals surface area contributed by atoms with Gasteiger partial charge in [-0.3, -0.25) is 0 Å². The van der Waals surface area contributed by atoms with Crippen molar-refractivity contribution in [3.05, 3.63) is 48.0 Å². The Hall–Kier alpha value is -1.08. The van der Waals surface area contributed by atoms with Gasteiger partial charge in [0, 0.05) is 0 Å². The molecule has 0 N–H and O–H groups in total. The van der Waals surface area contributed by atoms with Crippen LogP contribution in [0.15, 0.2) is 36.9 Å². The van der Waals surface area contributed by atoms with Crippen molar-refractivity contribution in [3.63, 3.8) is 0 Å². The Kier molecular flexibility index (Phi) is 1.96. The number of benzene rings is 1. The van der Waals surface area contributed by atoms with Gasteiger partial charge in [0.1, 0.15) is 6.10 Å². The van der Waals surface area contributed by atoms with Crippen LogP contribution in [0.25, 0.3) is 0 Å². The van der Waals surface area contributed by atoms with E-state index in [1.165, 1.54) is 11.1 Å². The first-order valence-corrected chi connectivity index (χ1v) is 4.24. The van der Waals surface area contributed by atoms with Gasteiger partial charge in [-0.2, -0.15) is 0 Å². The zero-order valence-electron chi connectivity index (χ0n) is 6.99. The lowest BCUT2D eigenvalue weighted by Crippen LogP contribution is -2.14. The first-order chi connectivity index (χ1) is 5.92. The van der Waals surface area contributed by atoms with E-state index in [0.29, 0.717) is 0 Å². The summed E-state index contributed by atoms with van der Waals surface area (Å²) in [4.78, 5) is 0. The molecule has 0 saturated heterocycles. The molecule has 1 aromatic rings. The van der Waals surface area contributed by atoms with Crippen molar-refractivity contribution in [2.24, 2.45) is 0 Å². The maximum atomic E-state index is 5.54. The number of hydrogen-bond donors (Lipinski definition) is 0. The monoisotopic (exact) mass is 160 g/mol. The summed E-state index contributed by atoms with van der Waals surface area (Å²) >= 11 is 0. The van der Waals surface area contributed by atoms with E-state index >= 15 is 0 Å². The van der Waals surface area contributed by atoms with Crippen molar-refractivity contribution in [1.82, 2.24) is 0 Å². The maximum absolute atomic E-state index is 5.54. The van der Waals surface area contributed by atoms with Crippen molar-refractivity contribution in [2.75, 3.05) is 6.61 Å². The van der Waals surface area contributed by atoms with Crippen LogP contribution in [0.5, 0.6) is 0 Å². The first kappa shape index (κ1) is 7.56. The molecule has 0 fully saturated rings. The summed E-state index contributed by atoms with van der Waals surface area (Å²) in [5, 5.41) is 0. The molecule has 1 heterocycles. The van der Waals surface area contributed by atoms with E-state index in [-0.39, 0.29) is 6.10 Å². The Morgan fingerprint density at radius 2 is 2.25 bits per heavy atom. The number of ether oxygens (including phenoxy) is 1. The predicted octanol–water partition coefficient (Wildman–Crippen LogP) is 2.49. The van der Waals surface area contributed by atoms with Crippen molar-refractivity contribution in [3.8, 4) is 0 Å². The Labute approximate surface area is 72.7 Å². The van der Waals surface area contributed by atoms with Crippen molar-refractivity contribution >= 4 is 0 Å². The average molecular weight is 160 g/mol. The van der Waals surface area contributed by atoms with Crippen LogP contribution < -0.4 is 0 Å². The van der Waals surface area contributed by atoms with Crippen LogP contribution in [0.1, 0.15) is 17.2 Å². The highest BCUT2D eigenvalue weighted by molar-refractivity contribution is 5.32. The van der Waals surface area contributed by atoms with Crippen molar-refractivity contribution < 1.29 is 4.74 Å². The molecule has 2 rings (SSSR count). The molecule has 0 amide bonds. The van der Waals surface area contributed by atoms with Crippen molar-refractivity contribution in [2.45, 2.75) is 12.5 Å². The lowest BCUT2D eigenvalue weighted by molar-refractivity contribution is 0.0752. The third-order valence-electron chi connectivity index (χ3n) is 2.24. The van der Waals surface area contributed by atoms with Gasteiger partial charge in [-0.05, 0) is 17.5 Å². The predicted molar refractivity (Wildman–Crippen MR) is 49.0 cm³/mol. The summed E-state index contributed by atoms with van der Waals surface area (Å²) < 4.78 is 5.54. The van der Waals surface area contributed by atoms with E-state index in [9.17, 15) is 0 Å². The zero-order chi connectivity index (χ0) is 8.39. The van der Waals surface area contributed by atoms with Crippen LogP contribution in [0, 0.1) is 0 Å². The van der Waals surface area contributed by atoms with Gasteiger partial charge < -0.3 is 4.74 Å². The summed E-state index contributed by atoms with van der Waals surface area (Å²) in [5.74, 6) is 0. The standard InChI is InChI=1S/C11H12O/c1-2-11-10-6-4-3-5-9(10)7-8-12-11/h2-6,11H,1,7-8H2. The maximum Gasteiger partial charge on any atom is 0.101 e. The van der Waals surface area contributed by atoms with E-state index in [1.807, 2.05) is 12.1 Å². The molecule has 1 aliphatic heterocycles. The van der Waals surface area contributed by atoms with Gasteiger partial charge >= 0.3 is 0 Å². The Morgan fingerprint density at radius 1 is 1.42 bits per heavy atom. The summed E-state index contributed by atoms with van der Waals surface area (Å²) in [7, 11) is 0. The van der Waals surface area contributed by atoms with Crippen LogP contribution in [0.3, 0.4) is 0 Å². The van der Waals surface area contributed by atoms with E-state index < -0.39 is 0 Å². The molecule has 62 valence electrons. The van der Waals surface area contributed by atoms with Crippen LogP contribution in [-0.4, -0.2) is 6.61 Å². The summed E-state index contributed by atoms with van der Waals surface area (Å²) in [6.07, 6.45) is 2.99. The van der Waals surface area contributed by atoms with Crippen LogP contribution in [-0.2, 0) is 11.2 Å². The Bertz CT molecular complexity index is 291. The van der Waals surface area contributed by atoms with E-state index in [2.05, 4.69) is 24.8 Å². The van der Waals surface area contributed by atoms with Crippen LogP contribution in [0.4, 0.5) is 0 Å². The molecule has 0 aliphatic carbocycles. The molecular weight excluding hydrogens is 148 g/mol.